The Kier molecular flexibility index (Phi) is 2.93. The zero-order valence-corrected chi connectivity index (χ0v) is 10.5. The summed E-state index contributed by atoms with van der Waals surface area (Å²) < 4.78 is 40.4. The highest BCUT2D eigenvalue weighted by molar-refractivity contribution is 6.00. The van der Waals surface area contributed by atoms with Crippen LogP contribution in [0.3, 0.4) is 0 Å². The number of carbonyl (C=O) groups excluding carboxylic acids is 1. The van der Waals surface area contributed by atoms with Gasteiger partial charge >= 0.3 is 0 Å². The molecule has 1 aliphatic carbocycles. The number of carbonyl (C=O) groups is 1. The lowest BCUT2D eigenvalue weighted by atomic mass is 10.0. The number of nitrogens with zero attached hydrogens (tertiary/aromatic N) is 2. The molecule has 0 N–H and O–H groups in total. The van der Waals surface area contributed by atoms with Crippen LogP contribution in [0.2, 0.25) is 0 Å². The summed E-state index contributed by atoms with van der Waals surface area (Å²) >= 11 is 0. The van der Waals surface area contributed by atoms with Crippen LogP contribution in [0, 0.1) is 28.8 Å². The molecule has 1 saturated carbocycles. The first kappa shape index (κ1) is 13.0. The summed E-state index contributed by atoms with van der Waals surface area (Å²) in [6, 6.07) is 1.46. The Morgan fingerprint density at radius 2 is 1.85 bits per heavy atom. The van der Waals surface area contributed by atoms with Crippen LogP contribution in [-0.4, -0.2) is 16.8 Å². The Bertz CT molecular complexity index is 632. The Labute approximate surface area is 113 Å². The lowest BCUT2D eigenvalue weighted by Crippen LogP contribution is -2.36. The van der Waals surface area contributed by atoms with Gasteiger partial charge in [-0.15, -0.1) is 0 Å². The molecule has 20 heavy (non-hydrogen) atoms. The van der Waals surface area contributed by atoms with Crippen molar-refractivity contribution in [3.05, 3.63) is 34.6 Å². The van der Waals surface area contributed by atoms with E-state index in [1.54, 1.807) is 0 Å². The minimum absolute atomic E-state index is 0.0687. The van der Waals surface area contributed by atoms with E-state index in [4.69, 9.17) is 0 Å². The van der Waals surface area contributed by atoms with Gasteiger partial charge in [-0.2, -0.15) is 5.26 Å². The van der Waals surface area contributed by atoms with Gasteiger partial charge < -0.3 is 4.90 Å². The summed E-state index contributed by atoms with van der Waals surface area (Å²) in [7, 11) is 0. The molecule has 2 aliphatic rings. The lowest BCUT2D eigenvalue weighted by Gasteiger charge is -2.26. The summed E-state index contributed by atoms with van der Waals surface area (Å²) in [5.74, 6) is -5.25. The molecular formula is C14H11F3N2O. The number of benzene rings is 1. The van der Waals surface area contributed by atoms with E-state index in [0.717, 1.165) is 31.7 Å². The predicted molar refractivity (Wildman–Crippen MR) is 63.1 cm³/mol. The molecule has 1 fully saturated rings. The second-order valence-corrected chi connectivity index (χ2v) is 5.13. The Balaban J connectivity index is 2.14. The third-order valence-electron chi connectivity index (χ3n) is 4.05. The Morgan fingerprint density at radius 1 is 1.20 bits per heavy atom. The number of hydrogen-bond acceptors (Lipinski definition) is 2. The number of amides is 1. The van der Waals surface area contributed by atoms with Crippen LogP contribution < -0.4 is 0 Å². The third-order valence-corrected chi connectivity index (χ3v) is 4.05. The van der Waals surface area contributed by atoms with E-state index in [1.807, 2.05) is 6.07 Å². The van der Waals surface area contributed by atoms with Gasteiger partial charge in [0.05, 0.1) is 11.6 Å². The van der Waals surface area contributed by atoms with Gasteiger partial charge in [-0.25, -0.2) is 13.2 Å². The number of fused-ring (bicyclic) bond motifs is 1. The van der Waals surface area contributed by atoms with Crippen molar-refractivity contribution in [2.45, 2.75) is 37.8 Å². The Hall–Kier alpha value is -2.03. The van der Waals surface area contributed by atoms with Crippen molar-refractivity contribution in [1.82, 2.24) is 4.90 Å². The molecule has 0 saturated heterocycles. The largest absolute Gasteiger partial charge is 0.315 e. The maximum Gasteiger partial charge on any atom is 0.258 e. The normalized spacial score (nSPS) is 22.2. The van der Waals surface area contributed by atoms with Crippen LogP contribution in [0.4, 0.5) is 13.2 Å². The quantitative estimate of drug-likeness (QED) is 0.742. The number of rotatable bonds is 1. The minimum Gasteiger partial charge on any atom is -0.315 e. The summed E-state index contributed by atoms with van der Waals surface area (Å²) in [6.07, 6.45) is 3.30. The van der Waals surface area contributed by atoms with E-state index in [-0.39, 0.29) is 11.6 Å². The smallest absolute Gasteiger partial charge is 0.258 e. The fourth-order valence-corrected chi connectivity index (χ4v) is 3.13. The fourth-order valence-electron chi connectivity index (χ4n) is 3.13. The van der Waals surface area contributed by atoms with Crippen molar-refractivity contribution in [2.24, 2.45) is 0 Å². The van der Waals surface area contributed by atoms with Gasteiger partial charge in [0.2, 0.25) is 0 Å². The third kappa shape index (κ3) is 1.62. The molecule has 1 amide bonds. The van der Waals surface area contributed by atoms with E-state index in [1.165, 1.54) is 4.90 Å². The molecule has 1 aromatic rings. The molecule has 0 aromatic heterocycles. The molecule has 6 heteroatoms. The van der Waals surface area contributed by atoms with Gasteiger partial charge in [-0.1, -0.05) is 12.8 Å². The first-order chi connectivity index (χ1) is 9.56. The molecule has 1 aliphatic heterocycles. The second kappa shape index (κ2) is 4.51. The molecule has 3 nitrogen and oxygen atoms in total. The van der Waals surface area contributed by atoms with E-state index < -0.39 is 35.0 Å². The molecule has 1 heterocycles. The summed E-state index contributed by atoms with van der Waals surface area (Å²) in [5.41, 5.74) is -0.567. The first-order valence-corrected chi connectivity index (χ1v) is 6.46. The highest BCUT2D eigenvalue weighted by atomic mass is 19.2. The molecule has 3 rings (SSSR count). The highest BCUT2D eigenvalue weighted by Gasteiger charge is 2.44. The van der Waals surface area contributed by atoms with Gasteiger partial charge in [0.1, 0.15) is 6.04 Å². The van der Waals surface area contributed by atoms with Gasteiger partial charge in [0, 0.05) is 11.6 Å². The van der Waals surface area contributed by atoms with Crippen LogP contribution in [0.25, 0.3) is 0 Å². The summed E-state index contributed by atoms with van der Waals surface area (Å²) in [5, 5.41) is 9.23. The SMILES string of the molecule is N#CC1c2cc(F)c(F)c(F)c2C(=O)N1C1CCCC1. The maximum atomic E-state index is 13.8. The van der Waals surface area contributed by atoms with Crippen LogP contribution in [0.5, 0.6) is 0 Å². The second-order valence-electron chi connectivity index (χ2n) is 5.13. The van der Waals surface area contributed by atoms with Crippen molar-refractivity contribution in [2.75, 3.05) is 0 Å². The van der Waals surface area contributed by atoms with Crippen molar-refractivity contribution < 1.29 is 18.0 Å². The number of nitriles is 1. The molecular weight excluding hydrogens is 269 g/mol. The Morgan fingerprint density at radius 3 is 2.45 bits per heavy atom. The van der Waals surface area contributed by atoms with Gasteiger partial charge in [0.15, 0.2) is 17.5 Å². The molecule has 1 atom stereocenters. The zero-order chi connectivity index (χ0) is 14.4. The van der Waals surface area contributed by atoms with Crippen molar-refractivity contribution in [1.29, 1.82) is 5.26 Å². The summed E-state index contributed by atoms with van der Waals surface area (Å²) in [6.45, 7) is 0. The lowest BCUT2D eigenvalue weighted by molar-refractivity contribution is 0.0674. The van der Waals surface area contributed by atoms with Crippen LogP contribution in [0.1, 0.15) is 47.6 Å². The van der Waals surface area contributed by atoms with Gasteiger partial charge in [0.25, 0.3) is 5.91 Å². The highest BCUT2D eigenvalue weighted by Crippen LogP contribution is 2.40. The van der Waals surface area contributed by atoms with Crippen LogP contribution in [-0.2, 0) is 0 Å². The van der Waals surface area contributed by atoms with Gasteiger partial charge in [-0.05, 0) is 18.9 Å². The molecule has 0 spiro atoms. The number of hydrogen-bond donors (Lipinski definition) is 0. The summed E-state index contributed by atoms with van der Waals surface area (Å²) in [4.78, 5) is 13.6. The monoisotopic (exact) mass is 280 g/mol. The molecule has 1 aromatic carbocycles. The molecule has 104 valence electrons. The topological polar surface area (TPSA) is 44.1 Å². The maximum absolute atomic E-state index is 13.8. The fraction of sp³-hybridized carbons (Fsp3) is 0.429. The van der Waals surface area contributed by atoms with E-state index >= 15 is 0 Å². The van der Waals surface area contributed by atoms with Crippen molar-refractivity contribution >= 4 is 5.91 Å². The predicted octanol–water partition coefficient (Wildman–Crippen LogP) is 3.07. The number of halogens is 3. The van der Waals surface area contributed by atoms with E-state index in [2.05, 4.69) is 0 Å². The van der Waals surface area contributed by atoms with Crippen LogP contribution >= 0.6 is 0 Å². The molecule has 0 radical (unpaired) electrons. The van der Waals surface area contributed by atoms with Crippen molar-refractivity contribution in [3.8, 4) is 6.07 Å². The van der Waals surface area contributed by atoms with E-state index in [9.17, 15) is 23.2 Å². The van der Waals surface area contributed by atoms with Crippen LogP contribution in [0.15, 0.2) is 6.07 Å². The van der Waals surface area contributed by atoms with Gasteiger partial charge in [-0.3, -0.25) is 4.79 Å². The molecule has 0 bridgehead atoms. The van der Waals surface area contributed by atoms with E-state index in [0.29, 0.717) is 0 Å². The zero-order valence-electron chi connectivity index (χ0n) is 10.5. The standard InChI is InChI=1S/C14H11F3N2O/c15-9-5-8-10(6-18)19(7-3-1-2-4-7)14(20)11(8)13(17)12(9)16/h5,7,10H,1-4H2. The molecule has 1 unspecified atom stereocenters. The average Bonchev–Trinajstić information content (AvgIpc) is 3.02. The first-order valence-electron chi connectivity index (χ1n) is 6.46. The minimum atomic E-state index is -1.66. The average molecular weight is 280 g/mol. The van der Waals surface area contributed by atoms with Crippen molar-refractivity contribution in [3.63, 3.8) is 0 Å².